The van der Waals surface area contributed by atoms with Gasteiger partial charge in [0, 0.05) is 12.7 Å². The second kappa shape index (κ2) is 3.93. The summed E-state index contributed by atoms with van der Waals surface area (Å²) >= 11 is 0. The van der Waals surface area contributed by atoms with Gasteiger partial charge in [-0.2, -0.15) is 5.26 Å². The van der Waals surface area contributed by atoms with E-state index in [9.17, 15) is 4.79 Å². The molecule has 0 fully saturated rings. The fourth-order valence-corrected chi connectivity index (χ4v) is 1.37. The van der Waals surface area contributed by atoms with Gasteiger partial charge in [-0.15, -0.1) is 0 Å². The molecule has 1 aromatic carbocycles. The number of nitriles is 1. The van der Waals surface area contributed by atoms with Crippen LogP contribution in [0.1, 0.15) is 11.1 Å². The van der Waals surface area contributed by atoms with Gasteiger partial charge in [-0.1, -0.05) is 17.7 Å². The van der Waals surface area contributed by atoms with Crippen LogP contribution in [0.25, 0.3) is 0 Å². The molecule has 1 rings (SSSR count). The highest BCUT2D eigenvalue weighted by Gasteiger charge is 2.11. The topological polar surface area (TPSA) is 44.1 Å². The molecule has 0 saturated heterocycles. The van der Waals surface area contributed by atoms with Crippen molar-refractivity contribution in [3.05, 3.63) is 29.3 Å². The molecule has 0 aromatic heterocycles. The summed E-state index contributed by atoms with van der Waals surface area (Å²) in [6, 6.07) is 7.34. The molecule has 1 amide bonds. The molecule has 0 atom stereocenters. The van der Waals surface area contributed by atoms with Crippen LogP contribution in [0, 0.1) is 25.2 Å². The lowest BCUT2D eigenvalue weighted by Gasteiger charge is -2.16. The monoisotopic (exact) mass is 188 g/mol. The highest BCUT2D eigenvalue weighted by Crippen LogP contribution is 2.19. The third-order valence-corrected chi connectivity index (χ3v) is 2.11. The summed E-state index contributed by atoms with van der Waals surface area (Å²) in [5, 5.41) is 8.47. The number of carbonyl (C=O) groups excluding carboxylic acids is 1. The highest BCUT2D eigenvalue weighted by atomic mass is 16.2. The van der Waals surface area contributed by atoms with Crippen LogP contribution in [-0.2, 0) is 4.79 Å². The summed E-state index contributed by atoms with van der Waals surface area (Å²) in [5.74, 6) is -0.544. The van der Waals surface area contributed by atoms with Crippen LogP contribution in [0.15, 0.2) is 18.2 Å². The average molecular weight is 188 g/mol. The number of anilines is 1. The third-order valence-electron chi connectivity index (χ3n) is 2.11. The molecule has 14 heavy (non-hydrogen) atoms. The lowest BCUT2D eigenvalue weighted by molar-refractivity contribution is -0.113. The van der Waals surface area contributed by atoms with Crippen molar-refractivity contribution in [1.82, 2.24) is 0 Å². The summed E-state index contributed by atoms with van der Waals surface area (Å²) in [7, 11) is 1.60. The smallest absolute Gasteiger partial charge is 0.303 e. The number of rotatable bonds is 1. The van der Waals surface area contributed by atoms with E-state index in [0.717, 1.165) is 16.8 Å². The summed E-state index contributed by atoms with van der Waals surface area (Å²) < 4.78 is 0. The Balaban J connectivity index is 3.09. The molecule has 0 unspecified atom stereocenters. The van der Waals surface area contributed by atoms with E-state index in [-0.39, 0.29) is 0 Å². The van der Waals surface area contributed by atoms with Gasteiger partial charge in [-0.3, -0.25) is 4.79 Å². The summed E-state index contributed by atoms with van der Waals surface area (Å²) in [4.78, 5) is 12.5. The Morgan fingerprint density at radius 3 is 2.57 bits per heavy atom. The Morgan fingerprint density at radius 1 is 1.43 bits per heavy atom. The molecule has 72 valence electrons. The van der Waals surface area contributed by atoms with E-state index in [4.69, 9.17) is 5.26 Å². The van der Waals surface area contributed by atoms with E-state index >= 15 is 0 Å². The number of amides is 1. The van der Waals surface area contributed by atoms with Crippen LogP contribution >= 0.6 is 0 Å². The zero-order chi connectivity index (χ0) is 10.7. The minimum Gasteiger partial charge on any atom is -0.303 e. The maximum absolute atomic E-state index is 11.1. The normalized spacial score (nSPS) is 9.29. The first-order chi connectivity index (χ1) is 6.56. The first-order valence-corrected chi connectivity index (χ1v) is 4.31. The lowest BCUT2D eigenvalue weighted by atomic mass is 10.1. The Hall–Kier alpha value is -1.82. The molecule has 0 aliphatic heterocycles. The summed E-state index contributed by atoms with van der Waals surface area (Å²) in [6.45, 7) is 3.91. The van der Waals surface area contributed by atoms with Gasteiger partial charge in [-0.05, 0) is 25.5 Å². The van der Waals surface area contributed by atoms with E-state index in [1.54, 1.807) is 13.1 Å². The Kier molecular flexibility index (Phi) is 2.88. The molecular weight excluding hydrogens is 176 g/mol. The van der Waals surface area contributed by atoms with Crippen LogP contribution < -0.4 is 4.90 Å². The van der Waals surface area contributed by atoms with Crippen molar-refractivity contribution in [2.45, 2.75) is 13.8 Å². The molecular formula is C11H12N2O. The Bertz CT molecular complexity index is 404. The standard InChI is InChI=1S/C11H12N2O/c1-8-4-5-10(9(2)6-8)13(3)11(14)7-12/h4-6H,1-3H3. The van der Waals surface area contributed by atoms with E-state index in [0.29, 0.717) is 0 Å². The van der Waals surface area contributed by atoms with Crippen LogP contribution in [0.4, 0.5) is 5.69 Å². The molecule has 0 aliphatic rings. The van der Waals surface area contributed by atoms with E-state index in [1.165, 1.54) is 4.90 Å². The van der Waals surface area contributed by atoms with E-state index < -0.39 is 5.91 Å². The molecule has 3 nitrogen and oxygen atoms in total. The van der Waals surface area contributed by atoms with Gasteiger partial charge in [0.15, 0.2) is 6.07 Å². The molecule has 0 radical (unpaired) electrons. The lowest BCUT2D eigenvalue weighted by Crippen LogP contribution is -2.24. The molecule has 0 heterocycles. The van der Waals surface area contributed by atoms with Crippen molar-refractivity contribution in [3.8, 4) is 6.07 Å². The van der Waals surface area contributed by atoms with Crippen molar-refractivity contribution >= 4 is 11.6 Å². The first-order valence-electron chi connectivity index (χ1n) is 4.31. The molecule has 0 saturated carbocycles. The van der Waals surface area contributed by atoms with Crippen LogP contribution in [0.2, 0.25) is 0 Å². The maximum Gasteiger partial charge on any atom is 0.329 e. The highest BCUT2D eigenvalue weighted by molar-refractivity contribution is 6.04. The van der Waals surface area contributed by atoms with E-state index in [2.05, 4.69) is 0 Å². The largest absolute Gasteiger partial charge is 0.329 e. The fourth-order valence-electron chi connectivity index (χ4n) is 1.37. The van der Waals surface area contributed by atoms with Gasteiger partial charge in [0.1, 0.15) is 0 Å². The first kappa shape index (κ1) is 10.3. The molecule has 0 spiro atoms. The van der Waals surface area contributed by atoms with Crippen molar-refractivity contribution in [2.24, 2.45) is 0 Å². The number of carbonyl (C=O) groups is 1. The van der Waals surface area contributed by atoms with Gasteiger partial charge in [0.2, 0.25) is 0 Å². The Morgan fingerprint density at radius 2 is 2.07 bits per heavy atom. The second-order valence-electron chi connectivity index (χ2n) is 3.27. The number of hydrogen-bond acceptors (Lipinski definition) is 2. The minimum atomic E-state index is -0.544. The molecule has 0 aliphatic carbocycles. The molecule has 3 heteroatoms. The van der Waals surface area contributed by atoms with Crippen molar-refractivity contribution in [1.29, 1.82) is 5.26 Å². The summed E-state index contributed by atoms with van der Waals surface area (Å²) in [6.07, 6.45) is 0. The molecule has 0 N–H and O–H groups in total. The number of benzene rings is 1. The van der Waals surface area contributed by atoms with E-state index in [1.807, 2.05) is 32.0 Å². The van der Waals surface area contributed by atoms with Gasteiger partial charge < -0.3 is 4.90 Å². The fraction of sp³-hybridized carbons (Fsp3) is 0.273. The average Bonchev–Trinajstić information content (AvgIpc) is 2.15. The van der Waals surface area contributed by atoms with Gasteiger partial charge >= 0.3 is 5.91 Å². The van der Waals surface area contributed by atoms with Crippen molar-refractivity contribution < 1.29 is 4.79 Å². The minimum absolute atomic E-state index is 0.544. The SMILES string of the molecule is Cc1ccc(N(C)C(=O)C#N)c(C)c1. The molecule has 0 bridgehead atoms. The zero-order valence-corrected chi connectivity index (χ0v) is 8.53. The van der Waals surface area contributed by atoms with Gasteiger partial charge in [0.05, 0.1) is 0 Å². The van der Waals surface area contributed by atoms with Crippen LogP contribution in [-0.4, -0.2) is 13.0 Å². The van der Waals surface area contributed by atoms with Gasteiger partial charge in [-0.25, -0.2) is 0 Å². The van der Waals surface area contributed by atoms with Crippen molar-refractivity contribution in [3.63, 3.8) is 0 Å². The second-order valence-corrected chi connectivity index (χ2v) is 3.27. The van der Waals surface area contributed by atoms with Crippen LogP contribution in [0.3, 0.4) is 0 Å². The van der Waals surface area contributed by atoms with Crippen LogP contribution in [0.5, 0.6) is 0 Å². The number of nitrogens with zero attached hydrogens (tertiary/aromatic N) is 2. The van der Waals surface area contributed by atoms with Crippen molar-refractivity contribution in [2.75, 3.05) is 11.9 Å². The number of hydrogen-bond donors (Lipinski definition) is 0. The third kappa shape index (κ3) is 1.91. The quantitative estimate of drug-likeness (QED) is 0.630. The maximum atomic E-state index is 11.1. The van der Waals surface area contributed by atoms with Gasteiger partial charge in [0.25, 0.3) is 0 Å². The predicted octanol–water partition coefficient (Wildman–Crippen LogP) is 1.79. The zero-order valence-electron chi connectivity index (χ0n) is 8.53. The number of aryl methyl sites for hydroxylation is 2. The molecule has 1 aromatic rings. The summed E-state index contributed by atoms with van der Waals surface area (Å²) in [5.41, 5.74) is 2.92. The predicted molar refractivity (Wildman–Crippen MR) is 54.9 cm³/mol. The Labute approximate surface area is 83.6 Å².